The molecular weight excluding hydrogens is 380 g/mol. The van der Waals surface area contributed by atoms with Crippen LogP contribution in [0.2, 0.25) is 0 Å². The molecule has 0 aliphatic heterocycles. The van der Waals surface area contributed by atoms with Crippen LogP contribution in [0.15, 0.2) is 43.0 Å². The van der Waals surface area contributed by atoms with Crippen LogP contribution in [0.1, 0.15) is 66.6 Å². The fourth-order valence-corrected chi connectivity index (χ4v) is 4.43. The maximum absolute atomic E-state index is 13.4. The molecule has 5 rings (SSSR count). The average molecular weight is 404 g/mol. The number of nitrogens with zero attached hydrogens (tertiary/aromatic N) is 5. The van der Waals surface area contributed by atoms with Gasteiger partial charge in [0.05, 0.1) is 23.6 Å². The van der Waals surface area contributed by atoms with Gasteiger partial charge in [-0.05, 0) is 36.3 Å². The van der Waals surface area contributed by atoms with Crippen LogP contribution < -0.4 is 10.0 Å². The summed E-state index contributed by atoms with van der Waals surface area (Å²) in [6.45, 7) is 6.23. The van der Waals surface area contributed by atoms with E-state index in [9.17, 15) is 10.0 Å². The minimum atomic E-state index is -0.262. The number of nitrogens with one attached hydrogen (secondary N) is 1. The van der Waals surface area contributed by atoms with Crippen molar-refractivity contribution in [3.8, 4) is 5.82 Å². The highest BCUT2D eigenvalue weighted by Gasteiger charge is 2.50. The van der Waals surface area contributed by atoms with E-state index in [0.29, 0.717) is 28.1 Å². The number of carbonyl (C=O) groups excluding carboxylic acids is 1. The third-order valence-electron chi connectivity index (χ3n) is 5.98. The summed E-state index contributed by atoms with van der Waals surface area (Å²) in [6.07, 6.45) is 7.85. The van der Waals surface area contributed by atoms with Crippen molar-refractivity contribution >= 4 is 5.91 Å². The van der Waals surface area contributed by atoms with Crippen LogP contribution in [0.5, 0.6) is 0 Å². The lowest BCUT2D eigenvalue weighted by Crippen LogP contribution is -2.37. The number of fused-ring (bicyclic) bond motifs is 3. The van der Waals surface area contributed by atoms with Gasteiger partial charge >= 0.3 is 0 Å². The molecule has 0 radical (unpaired) electrons. The molecule has 3 aromatic rings. The van der Waals surface area contributed by atoms with Crippen LogP contribution in [0.4, 0.5) is 0 Å². The summed E-state index contributed by atoms with van der Waals surface area (Å²) >= 11 is 0. The number of hydrogen-bond donors (Lipinski definition) is 1. The van der Waals surface area contributed by atoms with Gasteiger partial charge in [0.1, 0.15) is 0 Å². The van der Waals surface area contributed by atoms with Gasteiger partial charge in [-0.1, -0.05) is 26.8 Å². The predicted molar refractivity (Wildman–Crippen MR) is 109 cm³/mol. The normalized spacial score (nSPS) is 20.4. The van der Waals surface area contributed by atoms with Crippen LogP contribution >= 0.6 is 0 Å². The minimum absolute atomic E-state index is 0.220. The van der Waals surface area contributed by atoms with Crippen molar-refractivity contribution in [3.63, 3.8) is 0 Å². The van der Waals surface area contributed by atoms with Gasteiger partial charge in [0, 0.05) is 17.7 Å². The van der Waals surface area contributed by atoms with Crippen molar-refractivity contribution in [2.75, 3.05) is 0 Å². The van der Waals surface area contributed by atoms with Gasteiger partial charge in [0.2, 0.25) is 12.0 Å². The summed E-state index contributed by atoms with van der Waals surface area (Å²) in [5.41, 5.74) is 3.01. The Balaban J connectivity index is 1.52. The highest BCUT2D eigenvalue weighted by Crippen LogP contribution is 2.57. The van der Waals surface area contributed by atoms with Crippen molar-refractivity contribution in [1.82, 2.24) is 25.1 Å². The summed E-state index contributed by atoms with van der Waals surface area (Å²) < 4.78 is 2.38. The van der Waals surface area contributed by atoms with Crippen LogP contribution in [-0.4, -0.2) is 25.7 Å². The van der Waals surface area contributed by atoms with Crippen molar-refractivity contribution in [2.24, 2.45) is 11.3 Å². The molecular formula is C22H24N6O2. The fraction of sp³-hybridized carbons (Fsp3) is 0.409. The molecule has 0 aromatic carbocycles. The van der Waals surface area contributed by atoms with Gasteiger partial charge in [-0.3, -0.25) is 9.78 Å². The van der Waals surface area contributed by atoms with Gasteiger partial charge in [0.25, 0.3) is 5.91 Å². The monoisotopic (exact) mass is 404 g/mol. The number of rotatable bonds is 4. The second-order valence-corrected chi connectivity index (χ2v) is 9.23. The zero-order valence-electron chi connectivity index (χ0n) is 17.2. The minimum Gasteiger partial charge on any atom is -0.619 e. The molecule has 8 nitrogen and oxygen atoms in total. The number of pyridine rings is 1. The summed E-state index contributed by atoms with van der Waals surface area (Å²) in [6, 6.07) is 5.45. The first kappa shape index (κ1) is 18.7. The maximum Gasteiger partial charge on any atom is 0.272 e. The molecule has 30 heavy (non-hydrogen) atoms. The van der Waals surface area contributed by atoms with Gasteiger partial charge in [0.15, 0.2) is 11.9 Å². The molecule has 3 atom stereocenters. The third kappa shape index (κ3) is 3.12. The van der Waals surface area contributed by atoms with E-state index < -0.39 is 0 Å². The lowest BCUT2D eigenvalue weighted by molar-refractivity contribution is -0.605. The summed E-state index contributed by atoms with van der Waals surface area (Å²) in [5, 5.41) is 19.5. The summed E-state index contributed by atoms with van der Waals surface area (Å²) in [7, 11) is 0. The molecule has 8 heteroatoms. The first-order chi connectivity index (χ1) is 14.3. The van der Waals surface area contributed by atoms with Crippen molar-refractivity contribution < 1.29 is 9.52 Å². The molecule has 2 aliphatic carbocycles. The van der Waals surface area contributed by atoms with E-state index in [0.717, 1.165) is 29.8 Å². The Kier molecular flexibility index (Phi) is 4.13. The maximum atomic E-state index is 13.4. The third-order valence-corrected chi connectivity index (χ3v) is 5.98. The number of hydrogen-bond acceptors (Lipinski definition) is 5. The highest BCUT2D eigenvalue weighted by molar-refractivity contribution is 5.94. The molecule has 1 amide bonds. The molecule has 1 fully saturated rings. The number of aromatic nitrogens is 5. The Morgan fingerprint density at radius 2 is 2.13 bits per heavy atom. The van der Waals surface area contributed by atoms with E-state index >= 15 is 0 Å². The molecule has 0 saturated heterocycles. The Labute approximate surface area is 174 Å². The van der Waals surface area contributed by atoms with E-state index in [2.05, 4.69) is 41.2 Å². The van der Waals surface area contributed by atoms with Gasteiger partial charge in [-0.25, -0.2) is 9.67 Å². The van der Waals surface area contributed by atoms with E-state index in [1.54, 1.807) is 10.9 Å². The van der Waals surface area contributed by atoms with E-state index in [1.165, 1.54) is 18.6 Å². The fourth-order valence-electron chi connectivity index (χ4n) is 4.43. The average Bonchev–Trinajstić information content (AvgIpc) is 3.21. The predicted octanol–water partition coefficient (Wildman–Crippen LogP) is 2.47. The molecule has 154 valence electrons. The first-order valence-corrected chi connectivity index (χ1v) is 10.2. The second kappa shape index (κ2) is 6.62. The Hall–Kier alpha value is -3.29. The van der Waals surface area contributed by atoms with Crippen molar-refractivity contribution in [1.29, 1.82) is 0 Å². The Bertz CT molecular complexity index is 1120. The quantitative estimate of drug-likeness (QED) is 0.532. The first-order valence-electron chi connectivity index (χ1n) is 10.2. The zero-order chi connectivity index (χ0) is 21.0. The summed E-state index contributed by atoms with van der Waals surface area (Å²) in [5.74, 6) is 1.17. The van der Waals surface area contributed by atoms with Crippen LogP contribution in [-0.2, 0) is 6.42 Å². The molecule has 1 N–H and O–H groups in total. The highest BCUT2D eigenvalue weighted by atomic mass is 16.5. The summed E-state index contributed by atoms with van der Waals surface area (Å²) in [4.78, 5) is 22.1. The van der Waals surface area contributed by atoms with Gasteiger partial charge in [-0.2, -0.15) is 9.83 Å². The largest absolute Gasteiger partial charge is 0.619 e. The number of carbonyl (C=O) groups is 1. The molecule has 0 bridgehead atoms. The standard InChI is InChI=1S/C22H24N6O2/c1-22(2,3)20(16-6-4-5-7-23-16)25-21(29)18-15-11-13-10-14(13)19(15)28(26-18)17-12-27(30)9-8-24-17/h4-9,12-14,20H,10-11H2,1-3H3,(H,25,29)/t13-,14-,20+/m0/s1. The molecule has 0 spiro atoms. The zero-order valence-corrected chi connectivity index (χ0v) is 17.2. The van der Waals surface area contributed by atoms with Crippen molar-refractivity contribution in [3.05, 3.63) is 70.8 Å². The lowest BCUT2D eigenvalue weighted by Gasteiger charge is -2.30. The molecule has 1 saturated carbocycles. The van der Waals surface area contributed by atoms with Gasteiger partial charge in [-0.15, -0.1) is 0 Å². The van der Waals surface area contributed by atoms with Gasteiger partial charge < -0.3 is 10.5 Å². The molecule has 3 aromatic heterocycles. The molecule has 2 aliphatic rings. The van der Waals surface area contributed by atoms with Crippen LogP contribution in [0.3, 0.4) is 0 Å². The number of amides is 1. The SMILES string of the molecule is CC(C)(C)[C@H](NC(=O)c1nn(-c2c[n+]([O-])ccn2)c2c1C[C@@H]1C[C@H]21)c1ccccn1. The lowest BCUT2D eigenvalue weighted by atomic mass is 9.84. The molecule has 3 heterocycles. The Morgan fingerprint density at radius 1 is 1.30 bits per heavy atom. The van der Waals surface area contributed by atoms with E-state index in [4.69, 9.17) is 0 Å². The topological polar surface area (TPSA) is 99.6 Å². The van der Waals surface area contributed by atoms with E-state index in [-0.39, 0.29) is 17.4 Å². The van der Waals surface area contributed by atoms with E-state index in [1.807, 2.05) is 18.2 Å². The van der Waals surface area contributed by atoms with Crippen LogP contribution in [0.25, 0.3) is 5.82 Å². The molecule has 0 unspecified atom stereocenters. The van der Waals surface area contributed by atoms with Crippen molar-refractivity contribution in [2.45, 2.75) is 45.6 Å². The Morgan fingerprint density at radius 3 is 2.83 bits per heavy atom. The smallest absolute Gasteiger partial charge is 0.272 e. The van der Waals surface area contributed by atoms with Crippen LogP contribution in [0, 0.1) is 16.5 Å². The second-order valence-electron chi connectivity index (χ2n) is 9.23.